The van der Waals surface area contributed by atoms with Gasteiger partial charge in [0.2, 0.25) is 5.91 Å². The molecule has 1 N–H and O–H groups in total. The van der Waals surface area contributed by atoms with Gasteiger partial charge in [0.05, 0.1) is 24.9 Å². The molecule has 2 heterocycles. The first-order valence-corrected chi connectivity index (χ1v) is 11.1. The number of para-hydroxylation sites is 3. The number of nitrogens with one attached hydrogen (secondary N) is 1. The highest BCUT2D eigenvalue weighted by Crippen LogP contribution is 2.30. The zero-order chi connectivity index (χ0) is 23.4. The zero-order valence-electron chi connectivity index (χ0n) is 19.3. The largest absolute Gasteiger partial charge is 0.495 e. The minimum absolute atomic E-state index is 0.119. The number of carbonyl (C=O) groups is 1. The molecule has 0 radical (unpaired) electrons. The van der Waals surface area contributed by atoms with Gasteiger partial charge >= 0.3 is 0 Å². The van der Waals surface area contributed by atoms with Gasteiger partial charge in [-0.15, -0.1) is 0 Å². The van der Waals surface area contributed by atoms with Crippen LogP contribution in [0.2, 0.25) is 0 Å². The van der Waals surface area contributed by atoms with E-state index in [1.54, 1.807) is 7.11 Å². The highest BCUT2D eigenvalue weighted by Gasteiger charge is 2.24. The summed E-state index contributed by atoms with van der Waals surface area (Å²) in [6.07, 6.45) is 0. The molecule has 7 heteroatoms. The van der Waals surface area contributed by atoms with Crippen molar-refractivity contribution in [3.63, 3.8) is 0 Å². The second kappa shape index (κ2) is 9.80. The van der Waals surface area contributed by atoms with Gasteiger partial charge in [0.15, 0.2) is 0 Å². The topological polar surface area (TPSA) is 73.5 Å². The van der Waals surface area contributed by atoms with Crippen LogP contribution >= 0.6 is 0 Å². The lowest BCUT2D eigenvalue weighted by Crippen LogP contribution is -2.48. The van der Waals surface area contributed by atoms with E-state index in [4.69, 9.17) is 4.74 Å². The predicted octanol–water partition coefficient (Wildman–Crippen LogP) is 3.74. The van der Waals surface area contributed by atoms with Crippen molar-refractivity contribution in [2.75, 3.05) is 50.1 Å². The molecule has 1 fully saturated rings. The summed E-state index contributed by atoms with van der Waals surface area (Å²) in [5.41, 5.74) is 4.32. The maximum Gasteiger partial charge on any atom is 0.239 e. The molecule has 1 aromatic heterocycles. The number of anilines is 2. The van der Waals surface area contributed by atoms with Crippen molar-refractivity contribution in [2.45, 2.75) is 13.8 Å². The standard InChI is InChI=1S/C26H29N5O2/c1-19-20(2)31(21-9-5-4-6-10-21)26(22(19)17-27)28-25(32)18-29-13-15-30(16-14-29)23-11-7-8-12-24(23)33-3/h4-12H,13-16,18H2,1-3H3,(H,28,32). The summed E-state index contributed by atoms with van der Waals surface area (Å²) in [5, 5.41) is 12.8. The second-order valence-corrected chi connectivity index (χ2v) is 8.20. The molecule has 1 aliphatic rings. The Labute approximate surface area is 194 Å². The normalized spacial score (nSPS) is 14.1. The Bertz CT molecular complexity index is 1170. The van der Waals surface area contributed by atoms with Crippen LogP contribution in [0.25, 0.3) is 5.69 Å². The molecule has 170 valence electrons. The van der Waals surface area contributed by atoms with Crippen molar-refractivity contribution in [3.8, 4) is 17.5 Å². The molecule has 1 saturated heterocycles. The van der Waals surface area contributed by atoms with E-state index in [1.165, 1.54) is 0 Å². The van der Waals surface area contributed by atoms with E-state index in [1.807, 2.05) is 66.9 Å². The van der Waals surface area contributed by atoms with Crippen LogP contribution in [-0.2, 0) is 4.79 Å². The molecule has 1 amide bonds. The quantitative estimate of drug-likeness (QED) is 0.628. The van der Waals surface area contributed by atoms with E-state index in [2.05, 4.69) is 27.3 Å². The van der Waals surface area contributed by atoms with E-state index >= 15 is 0 Å². The summed E-state index contributed by atoms with van der Waals surface area (Å²) in [4.78, 5) is 17.4. The van der Waals surface area contributed by atoms with Gasteiger partial charge < -0.3 is 15.0 Å². The fourth-order valence-electron chi connectivity index (χ4n) is 4.37. The molecule has 2 aromatic carbocycles. The van der Waals surface area contributed by atoms with Crippen molar-refractivity contribution < 1.29 is 9.53 Å². The summed E-state index contributed by atoms with van der Waals surface area (Å²) < 4.78 is 7.44. The van der Waals surface area contributed by atoms with E-state index in [9.17, 15) is 10.1 Å². The van der Waals surface area contributed by atoms with Gasteiger partial charge in [-0.25, -0.2) is 0 Å². The minimum atomic E-state index is -0.119. The average molecular weight is 444 g/mol. The van der Waals surface area contributed by atoms with Crippen LogP contribution in [0.5, 0.6) is 5.75 Å². The molecule has 0 saturated carbocycles. The van der Waals surface area contributed by atoms with Gasteiger partial charge in [-0.05, 0) is 43.7 Å². The minimum Gasteiger partial charge on any atom is -0.495 e. The highest BCUT2D eigenvalue weighted by atomic mass is 16.5. The molecular formula is C26H29N5O2. The fraction of sp³-hybridized carbons (Fsp3) is 0.308. The first-order valence-electron chi connectivity index (χ1n) is 11.1. The van der Waals surface area contributed by atoms with Crippen molar-refractivity contribution in [2.24, 2.45) is 0 Å². The van der Waals surface area contributed by atoms with E-state index in [0.29, 0.717) is 11.4 Å². The molecule has 7 nitrogen and oxygen atoms in total. The number of piperazine rings is 1. The van der Waals surface area contributed by atoms with Gasteiger partial charge in [-0.1, -0.05) is 30.3 Å². The molecule has 0 bridgehead atoms. The molecule has 1 aliphatic heterocycles. The van der Waals surface area contributed by atoms with E-state index in [-0.39, 0.29) is 12.5 Å². The summed E-state index contributed by atoms with van der Waals surface area (Å²) in [5.74, 6) is 1.28. The van der Waals surface area contributed by atoms with Crippen LogP contribution in [-0.4, -0.2) is 55.2 Å². The van der Waals surface area contributed by atoms with Crippen molar-refractivity contribution in [3.05, 3.63) is 71.4 Å². The molecule has 4 rings (SSSR count). The Morgan fingerprint density at radius 3 is 2.36 bits per heavy atom. The zero-order valence-corrected chi connectivity index (χ0v) is 19.3. The van der Waals surface area contributed by atoms with Crippen LogP contribution < -0.4 is 15.0 Å². The number of benzene rings is 2. The number of amides is 1. The number of methoxy groups -OCH3 is 1. The highest BCUT2D eigenvalue weighted by molar-refractivity contribution is 5.93. The maximum atomic E-state index is 13.0. The van der Waals surface area contributed by atoms with Gasteiger partial charge in [-0.3, -0.25) is 14.3 Å². The SMILES string of the molecule is COc1ccccc1N1CCN(CC(=O)Nc2c(C#N)c(C)c(C)n2-c2ccccc2)CC1. The van der Waals surface area contributed by atoms with Crippen LogP contribution in [0.15, 0.2) is 54.6 Å². The number of ether oxygens (including phenoxy) is 1. The molecule has 33 heavy (non-hydrogen) atoms. The first kappa shape index (κ1) is 22.4. The van der Waals surface area contributed by atoms with Crippen molar-refractivity contribution in [1.29, 1.82) is 5.26 Å². The molecule has 0 unspecified atom stereocenters. The number of rotatable bonds is 6. The number of hydrogen-bond acceptors (Lipinski definition) is 5. The number of nitriles is 1. The third-order valence-electron chi connectivity index (χ3n) is 6.26. The Morgan fingerprint density at radius 2 is 1.70 bits per heavy atom. The van der Waals surface area contributed by atoms with Gasteiger partial charge in [0, 0.05) is 37.6 Å². The smallest absolute Gasteiger partial charge is 0.239 e. The van der Waals surface area contributed by atoms with Crippen molar-refractivity contribution in [1.82, 2.24) is 9.47 Å². The number of aromatic nitrogens is 1. The monoisotopic (exact) mass is 443 g/mol. The second-order valence-electron chi connectivity index (χ2n) is 8.20. The van der Waals surface area contributed by atoms with Gasteiger partial charge in [0.25, 0.3) is 0 Å². The Morgan fingerprint density at radius 1 is 1.03 bits per heavy atom. The summed E-state index contributed by atoms with van der Waals surface area (Å²) in [6, 6.07) is 20.1. The summed E-state index contributed by atoms with van der Waals surface area (Å²) in [6.45, 7) is 7.34. The average Bonchev–Trinajstić information content (AvgIpc) is 3.08. The summed E-state index contributed by atoms with van der Waals surface area (Å²) >= 11 is 0. The lowest BCUT2D eigenvalue weighted by molar-refractivity contribution is -0.117. The first-order chi connectivity index (χ1) is 16.0. The molecule has 0 spiro atoms. The fourth-order valence-corrected chi connectivity index (χ4v) is 4.37. The molecular weight excluding hydrogens is 414 g/mol. The lowest BCUT2D eigenvalue weighted by atomic mass is 10.2. The number of nitrogens with zero attached hydrogens (tertiary/aromatic N) is 4. The Hall–Kier alpha value is -3.76. The van der Waals surface area contributed by atoms with Crippen LogP contribution in [0.3, 0.4) is 0 Å². The molecule has 0 aliphatic carbocycles. The number of hydrogen-bond donors (Lipinski definition) is 1. The van der Waals surface area contributed by atoms with E-state index in [0.717, 1.165) is 54.6 Å². The Balaban J connectivity index is 1.45. The van der Waals surface area contributed by atoms with E-state index < -0.39 is 0 Å². The maximum absolute atomic E-state index is 13.0. The summed E-state index contributed by atoms with van der Waals surface area (Å²) in [7, 11) is 1.68. The Kier molecular flexibility index (Phi) is 6.66. The molecule has 0 atom stereocenters. The predicted molar refractivity (Wildman–Crippen MR) is 130 cm³/mol. The van der Waals surface area contributed by atoms with Crippen molar-refractivity contribution >= 4 is 17.4 Å². The van der Waals surface area contributed by atoms with Gasteiger partial charge in [-0.2, -0.15) is 5.26 Å². The van der Waals surface area contributed by atoms with Crippen LogP contribution in [0.4, 0.5) is 11.5 Å². The lowest BCUT2D eigenvalue weighted by Gasteiger charge is -2.36. The van der Waals surface area contributed by atoms with Crippen LogP contribution in [0.1, 0.15) is 16.8 Å². The third kappa shape index (κ3) is 4.57. The van der Waals surface area contributed by atoms with Crippen LogP contribution in [0, 0.1) is 25.2 Å². The third-order valence-corrected chi connectivity index (χ3v) is 6.26. The van der Waals surface area contributed by atoms with Gasteiger partial charge in [0.1, 0.15) is 17.6 Å². The number of carbonyl (C=O) groups excluding carboxylic acids is 1. The molecule has 3 aromatic rings.